The van der Waals surface area contributed by atoms with Crippen LogP contribution in [-0.2, 0) is 13.1 Å². The number of rotatable bonds is 5. The molecular weight excluding hydrogens is 283 g/mol. The normalized spacial score (nSPS) is 10.1. The minimum atomic E-state index is -0.287. The molecule has 0 radical (unpaired) electrons. The van der Waals surface area contributed by atoms with Gasteiger partial charge in [-0.25, -0.2) is 9.18 Å². The van der Waals surface area contributed by atoms with Crippen LogP contribution in [0.4, 0.5) is 9.18 Å². The number of urea groups is 1. The van der Waals surface area contributed by atoms with Gasteiger partial charge in [-0.1, -0.05) is 24.3 Å². The van der Waals surface area contributed by atoms with E-state index >= 15 is 0 Å². The summed E-state index contributed by atoms with van der Waals surface area (Å²) in [5, 5.41) is 2.80. The molecule has 0 saturated carbocycles. The molecule has 0 aliphatic rings. The van der Waals surface area contributed by atoms with Gasteiger partial charge >= 0.3 is 6.03 Å². The minimum absolute atomic E-state index is 0.188. The summed E-state index contributed by atoms with van der Waals surface area (Å²) < 4.78 is 18.0. The van der Waals surface area contributed by atoms with Crippen LogP contribution in [0.15, 0.2) is 48.5 Å². The number of methoxy groups -OCH3 is 1. The molecule has 0 atom stereocenters. The summed E-state index contributed by atoms with van der Waals surface area (Å²) in [5.74, 6) is 0.475. The van der Waals surface area contributed by atoms with Crippen LogP contribution in [0.3, 0.4) is 0 Å². The highest BCUT2D eigenvalue weighted by Crippen LogP contribution is 2.13. The van der Waals surface area contributed by atoms with Crippen molar-refractivity contribution >= 4 is 6.03 Å². The Morgan fingerprint density at radius 2 is 1.91 bits per heavy atom. The lowest BCUT2D eigenvalue weighted by molar-refractivity contribution is 0.206. The summed E-state index contributed by atoms with van der Waals surface area (Å²) in [7, 11) is 3.33. The monoisotopic (exact) mass is 302 g/mol. The number of carbonyl (C=O) groups is 1. The van der Waals surface area contributed by atoms with Gasteiger partial charge in [0.25, 0.3) is 0 Å². The molecule has 2 aromatic rings. The minimum Gasteiger partial charge on any atom is -0.497 e. The molecule has 22 heavy (non-hydrogen) atoms. The summed E-state index contributed by atoms with van der Waals surface area (Å²) in [6, 6.07) is 13.4. The first-order chi connectivity index (χ1) is 10.6. The lowest BCUT2D eigenvalue weighted by Crippen LogP contribution is -2.36. The van der Waals surface area contributed by atoms with E-state index in [0.717, 1.165) is 16.9 Å². The predicted octanol–water partition coefficient (Wildman–Crippen LogP) is 3.18. The fourth-order valence-corrected chi connectivity index (χ4v) is 2.03. The Kier molecular flexibility index (Phi) is 5.36. The van der Waals surface area contributed by atoms with Crippen molar-refractivity contribution in [3.05, 3.63) is 65.5 Å². The topological polar surface area (TPSA) is 41.6 Å². The molecular formula is C17H19FN2O2. The lowest BCUT2D eigenvalue weighted by atomic mass is 10.2. The van der Waals surface area contributed by atoms with Crippen molar-refractivity contribution in [3.63, 3.8) is 0 Å². The number of nitrogens with zero attached hydrogens (tertiary/aromatic N) is 1. The molecule has 116 valence electrons. The molecule has 2 amide bonds. The van der Waals surface area contributed by atoms with Crippen LogP contribution in [0.2, 0.25) is 0 Å². The van der Waals surface area contributed by atoms with Crippen LogP contribution in [0.5, 0.6) is 5.75 Å². The van der Waals surface area contributed by atoms with E-state index in [1.54, 1.807) is 31.2 Å². The lowest BCUT2D eigenvalue weighted by Gasteiger charge is -2.18. The maximum atomic E-state index is 12.8. The number of nitrogens with one attached hydrogen (secondary N) is 1. The average molecular weight is 302 g/mol. The summed E-state index contributed by atoms with van der Waals surface area (Å²) in [4.78, 5) is 13.6. The molecule has 1 N–H and O–H groups in total. The largest absolute Gasteiger partial charge is 0.497 e. The maximum absolute atomic E-state index is 12.8. The number of halogens is 1. The molecule has 2 rings (SSSR count). The van der Waals surface area contributed by atoms with Crippen molar-refractivity contribution in [2.45, 2.75) is 13.1 Å². The van der Waals surface area contributed by atoms with Crippen molar-refractivity contribution in [1.82, 2.24) is 10.2 Å². The molecule has 0 aliphatic heterocycles. The van der Waals surface area contributed by atoms with E-state index in [9.17, 15) is 9.18 Å². The zero-order chi connectivity index (χ0) is 15.9. The van der Waals surface area contributed by atoms with Gasteiger partial charge in [0.1, 0.15) is 11.6 Å². The standard InChI is InChI=1S/C17H19FN2O2/c1-20(12-14-4-3-5-16(10-14)22-2)17(21)19-11-13-6-8-15(18)9-7-13/h3-10H,11-12H2,1-2H3,(H,19,21). The molecule has 0 spiro atoms. The van der Waals surface area contributed by atoms with Crippen LogP contribution in [0.1, 0.15) is 11.1 Å². The third-order valence-electron chi connectivity index (χ3n) is 3.26. The van der Waals surface area contributed by atoms with Crippen LogP contribution < -0.4 is 10.1 Å². The quantitative estimate of drug-likeness (QED) is 0.921. The van der Waals surface area contributed by atoms with E-state index in [-0.39, 0.29) is 11.8 Å². The third-order valence-corrected chi connectivity index (χ3v) is 3.26. The first kappa shape index (κ1) is 15.8. The highest BCUT2D eigenvalue weighted by atomic mass is 19.1. The van der Waals surface area contributed by atoms with Crippen molar-refractivity contribution < 1.29 is 13.9 Å². The second-order valence-corrected chi connectivity index (χ2v) is 4.99. The van der Waals surface area contributed by atoms with Gasteiger partial charge in [0.15, 0.2) is 0 Å². The smallest absolute Gasteiger partial charge is 0.317 e. The fourth-order valence-electron chi connectivity index (χ4n) is 2.03. The fraction of sp³-hybridized carbons (Fsp3) is 0.235. The Labute approximate surface area is 129 Å². The SMILES string of the molecule is COc1cccc(CN(C)C(=O)NCc2ccc(F)cc2)c1. The highest BCUT2D eigenvalue weighted by Gasteiger charge is 2.09. The summed E-state index contributed by atoms with van der Waals surface area (Å²) in [6.45, 7) is 0.841. The van der Waals surface area contributed by atoms with Crippen molar-refractivity contribution in [3.8, 4) is 5.75 Å². The molecule has 0 aliphatic carbocycles. The Morgan fingerprint density at radius 1 is 1.18 bits per heavy atom. The summed E-state index contributed by atoms with van der Waals surface area (Å²) >= 11 is 0. The van der Waals surface area contributed by atoms with E-state index in [4.69, 9.17) is 4.74 Å². The van der Waals surface area contributed by atoms with Crippen molar-refractivity contribution in [1.29, 1.82) is 0 Å². The van der Waals surface area contributed by atoms with Gasteiger partial charge in [-0.15, -0.1) is 0 Å². The molecule has 0 bridgehead atoms. The zero-order valence-electron chi connectivity index (χ0n) is 12.7. The molecule has 0 aromatic heterocycles. The van der Waals surface area contributed by atoms with Crippen LogP contribution in [0, 0.1) is 5.82 Å². The Morgan fingerprint density at radius 3 is 2.59 bits per heavy atom. The Bertz CT molecular complexity index is 629. The highest BCUT2D eigenvalue weighted by molar-refractivity contribution is 5.73. The first-order valence-electron chi connectivity index (χ1n) is 6.95. The molecule has 4 nitrogen and oxygen atoms in total. The number of carbonyl (C=O) groups excluding carboxylic acids is 1. The van der Waals surface area contributed by atoms with E-state index in [1.165, 1.54) is 12.1 Å². The van der Waals surface area contributed by atoms with E-state index < -0.39 is 0 Å². The zero-order valence-corrected chi connectivity index (χ0v) is 12.7. The van der Waals surface area contributed by atoms with E-state index in [1.807, 2.05) is 24.3 Å². The number of hydrogen-bond acceptors (Lipinski definition) is 2. The number of benzene rings is 2. The average Bonchev–Trinajstić information content (AvgIpc) is 2.54. The Balaban J connectivity index is 1.87. The van der Waals surface area contributed by atoms with Gasteiger partial charge in [0, 0.05) is 20.1 Å². The van der Waals surface area contributed by atoms with Gasteiger partial charge in [-0.3, -0.25) is 0 Å². The van der Waals surface area contributed by atoms with Crippen molar-refractivity contribution in [2.24, 2.45) is 0 Å². The first-order valence-corrected chi connectivity index (χ1v) is 6.95. The molecule has 0 unspecified atom stereocenters. The second kappa shape index (κ2) is 7.45. The third kappa shape index (κ3) is 4.48. The number of hydrogen-bond donors (Lipinski definition) is 1. The predicted molar refractivity (Wildman–Crippen MR) is 83.1 cm³/mol. The molecule has 0 saturated heterocycles. The summed E-state index contributed by atoms with van der Waals surface area (Å²) in [6.07, 6.45) is 0. The van der Waals surface area contributed by atoms with Gasteiger partial charge in [0.05, 0.1) is 7.11 Å². The van der Waals surface area contributed by atoms with Crippen molar-refractivity contribution in [2.75, 3.05) is 14.2 Å². The van der Waals surface area contributed by atoms with Gasteiger partial charge < -0.3 is 15.0 Å². The van der Waals surface area contributed by atoms with Crippen LogP contribution >= 0.6 is 0 Å². The van der Waals surface area contributed by atoms with Gasteiger partial charge in [0.2, 0.25) is 0 Å². The summed E-state index contributed by atoms with van der Waals surface area (Å²) in [5.41, 5.74) is 1.84. The Hall–Kier alpha value is -2.56. The number of amides is 2. The van der Waals surface area contributed by atoms with E-state index in [2.05, 4.69) is 5.32 Å². The van der Waals surface area contributed by atoms with Crippen LogP contribution in [0.25, 0.3) is 0 Å². The van der Waals surface area contributed by atoms with Gasteiger partial charge in [-0.05, 0) is 35.4 Å². The van der Waals surface area contributed by atoms with E-state index in [0.29, 0.717) is 13.1 Å². The molecule has 0 heterocycles. The second-order valence-electron chi connectivity index (χ2n) is 4.99. The van der Waals surface area contributed by atoms with Gasteiger partial charge in [-0.2, -0.15) is 0 Å². The molecule has 2 aromatic carbocycles. The molecule has 0 fully saturated rings. The number of ether oxygens (including phenoxy) is 1. The molecule has 5 heteroatoms. The maximum Gasteiger partial charge on any atom is 0.317 e. The van der Waals surface area contributed by atoms with Crippen LogP contribution in [-0.4, -0.2) is 25.1 Å².